The molecular weight excluding hydrogens is 340 g/mol. The standard InChI is InChI=1S/C18H20N2O4S/c1-12-3-6-15(19-18(21)13-4-5-13)11-17(12)25(22,23)20-14-7-9-16(24-2)10-8-14/h3,6-11,13,20H,4-5H2,1-2H3,(H,19,21). The average molecular weight is 360 g/mol. The van der Waals surface area contributed by atoms with Crippen molar-refractivity contribution >= 4 is 27.3 Å². The number of aryl methyl sites for hydroxylation is 1. The molecule has 0 aromatic heterocycles. The van der Waals surface area contributed by atoms with E-state index in [1.165, 1.54) is 6.07 Å². The number of methoxy groups -OCH3 is 1. The normalized spacial score (nSPS) is 14.0. The van der Waals surface area contributed by atoms with E-state index < -0.39 is 10.0 Å². The molecule has 1 amide bonds. The zero-order chi connectivity index (χ0) is 18.0. The number of amides is 1. The van der Waals surface area contributed by atoms with Crippen LogP contribution < -0.4 is 14.8 Å². The molecule has 0 radical (unpaired) electrons. The van der Waals surface area contributed by atoms with Crippen molar-refractivity contribution in [3.63, 3.8) is 0 Å². The molecule has 0 spiro atoms. The summed E-state index contributed by atoms with van der Waals surface area (Å²) >= 11 is 0. The van der Waals surface area contributed by atoms with Crippen molar-refractivity contribution in [3.8, 4) is 5.75 Å². The summed E-state index contributed by atoms with van der Waals surface area (Å²) in [6.45, 7) is 1.72. The molecule has 1 saturated carbocycles. The predicted octanol–water partition coefficient (Wildman–Crippen LogP) is 3.15. The molecule has 0 aliphatic heterocycles. The molecule has 0 saturated heterocycles. The lowest BCUT2D eigenvalue weighted by atomic mass is 10.2. The van der Waals surface area contributed by atoms with E-state index in [2.05, 4.69) is 10.0 Å². The smallest absolute Gasteiger partial charge is 0.262 e. The second-order valence-corrected chi connectivity index (χ2v) is 7.73. The van der Waals surface area contributed by atoms with Gasteiger partial charge in [0.15, 0.2) is 0 Å². The van der Waals surface area contributed by atoms with Gasteiger partial charge < -0.3 is 10.1 Å². The van der Waals surface area contributed by atoms with E-state index in [4.69, 9.17) is 4.74 Å². The fourth-order valence-corrected chi connectivity index (χ4v) is 3.76. The molecule has 7 heteroatoms. The average Bonchev–Trinajstić information content (AvgIpc) is 3.42. The Morgan fingerprint density at radius 2 is 1.72 bits per heavy atom. The van der Waals surface area contributed by atoms with Gasteiger partial charge in [-0.3, -0.25) is 9.52 Å². The molecule has 6 nitrogen and oxygen atoms in total. The van der Waals surface area contributed by atoms with Gasteiger partial charge in [-0.2, -0.15) is 0 Å². The molecule has 2 N–H and O–H groups in total. The van der Waals surface area contributed by atoms with Gasteiger partial charge in [0.25, 0.3) is 10.0 Å². The van der Waals surface area contributed by atoms with Crippen molar-refractivity contribution in [3.05, 3.63) is 48.0 Å². The minimum Gasteiger partial charge on any atom is -0.497 e. The van der Waals surface area contributed by atoms with Crippen LogP contribution in [0, 0.1) is 12.8 Å². The third-order valence-corrected chi connectivity index (χ3v) is 5.56. The number of hydrogen-bond donors (Lipinski definition) is 2. The van der Waals surface area contributed by atoms with Crippen LogP contribution in [-0.2, 0) is 14.8 Å². The number of hydrogen-bond acceptors (Lipinski definition) is 4. The fourth-order valence-electron chi connectivity index (χ4n) is 2.43. The first-order chi connectivity index (χ1) is 11.9. The molecule has 132 valence electrons. The Labute approximate surface area is 147 Å². The minimum absolute atomic E-state index is 0.0544. The van der Waals surface area contributed by atoms with Crippen LogP contribution in [-0.4, -0.2) is 21.4 Å². The monoisotopic (exact) mass is 360 g/mol. The van der Waals surface area contributed by atoms with E-state index in [1.807, 2.05) is 0 Å². The molecular formula is C18H20N2O4S. The zero-order valence-electron chi connectivity index (χ0n) is 14.1. The Morgan fingerprint density at radius 3 is 2.32 bits per heavy atom. The highest BCUT2D eigenvalue weighted by Crippen LogP contribution is 2.31. The summed E-state index contributed by atoms with van der Waals surface area (Å²) in [6, 6.07) is 11.5. The number of carbonyl (C=O) groups is 1. The molecule has 0 unspecified atom stereocenters. The van der Waals surface area contributed by atoms with Gasteiger partial charge in [-0.25, -0.2) is 8.42 Å². The van der Waals surface area contributed by atoms with E-state index in [1.54, 1.807) is 50.4 Å². The van der Waals surface area contributed by atoms with Crippen LogP contribution in [0.3, 0.4) is 0 Å². The Balaban J connectivity index is 1.83. The van der Waals surface area contributed by atoms with Crippen LogP contribution in [0.15, 0.2) is 47.4 Å². The summed E-state index contributed by atoms with van der Waals surface area (Å²) in [4.78, 5) is 12.0. The topological polar surface area (TPSA) is 84.5 Å². The summed E-state index contributed by atoms with van der Waals surface area (Å²) in [6.07, 6.45) is 1.78. The van der Waals surface area contributed by atoms with Crippen molar-refractivity contribution in [1.82, 2.24) is 0 Å². The van der Waals surface area contributed by atoms with Crippen LogP contribution in [0.2, 0.25) is 0 Å². The quantitative estimate of drug-likeness (QED) is 0.829. The van der Waals surface area contributed by atoms with Gasteiger partial charge in [0.1, 0.15) is 5.75 Å². The van der Waals surface area contributed by atoms with Gasteiger partial charge in [0.2, 0.25) is 5.91 Å². The van der Waals surface area contributed by atoms with Crippen molar-refractivity contribution in [1.29, 1.82) is 0 Å². The van der Waals surface area contributed by atoms with Gasteiger partial charge in [-0.05, 0) is 61.7 Å². The lowest BCUT2D eigenvalue weighted by Crippen LogP contribution is -2.16. The Morgan fingerprint density at radius 1 is 1.08 bits per heavy atom. The lowest BCUT2D eigenvalue weighted by molar-refractivity contribution is -0.117. The van der Waals surface area contributed by atoms with Crippen molar-refractivity contribution < 1.29 is 17.9 Å². The zero-order valence-corrected chi connectivity index (χ0v) is 14.9. The number of ether oxygens (including phenoxy) is 1. The second kappa shape index (κ2) is 6.76. The molecule has 0 bridgehead atoms. The molecule has 2 aromatic rings. The first-order valence-corrected chi connectivity index (χ1v) is 9.46. The molecule has 2 aromatic carbocycles. The first kappa shape index (κ1) is 17.3. The van der Waals surface area contributed by atoms with Gasteiger partial charge in [-0.15, -0.1) is 0 Å². The number of benzene rings is 2. The number of rotatable bonds is 6. The summed E-state index contributed by atoms with van der Waals surface area (Å²) in [7, 11) is -2.22. The molecule has 3 rings (SSSR count). The van der Waals surface area contributed by atoms with Crippen LogP contribution in [0.4, 0.5) is 11.4 Å². The third-order valence-electron chi connectivity index (χ3n) is 4.04. The number of nitrogens with one attached hydrogen (secondary N) is 2. The largest absolute Gasteiger partial charge is 0.497 e. The molecule has 1 aliphatic carbocycles. The molecule has 0 atom stereocenters. The van der Waals surface area contributed by atoms with Crippen LogP contribution in [0.5, 0.6) is 5.75 Å². The van der Waals surface area contributed by atoms with E-state index in [0.717, 1.165) is 12.8 Å². The minimum atomic E-state index is -3.77. The fraction of sp³-hybridized carbons (Fsp3) is 0.278. The highest BCUT2D eigenvalue weighted by molar-refractivity contribution is 7.92. The van der Waals surface area contributed by atoms with Crippen molar-refractivity contribution in [2.24, 2.45) is 5.92 Å². The first-order valence-electron chi connectivity index (χ1n) is 7.97. The van der Waals surface area contributed by atoms with Crippen LogP contribution >= 0.6 is 0 Å². The molecule has 1 aliphatic rings. The van der Waals surface area contributed by atoms with E-state index in [-0.39, 0.29) is 16.7 Å². The van der Waals surface area contributed by atoms with Crippen LogP contribution in [0.25, 0.3) is 0 Å². The maximum atomic E-state index is 12.7. The SMILES string of the molecule is COc1ccc(NS(=O)(=O)c2cc(NC(=O)C3CC3)ccc2C)cc1. The van der Waals surface area contributed by atoms with Gasteiger partial charge in [0.05, 0.1) is 12.0 Å². The molecule has 25 heavy (non-hydrogen) atoms. The van der Waals surface area contributed by atoms with Crippen molar-refractivity contribution in [2.75, 3.05) is 17.1 Å². The van der Waals surface area contributed by atoms with E-state index in [9.17, 15) is 13.2 Å². The van der Waals surface area contributed by atoms with E-state index >= 15 is 0 Å². The van der Waals surface area contributed by atoms with E-state index in [0.29, 0.717) is 22.7 Å². The Bertz CT molecular complexity index is 888. The summed E-state index contributed by atoms with van der Waals surface area (Å²) in [5.74, 6) is 0.637. The Kier molecular flexibility index (Phi) is 4.67. The molecule has 1 fully saturated rings. The van der Waals surface area contributed by atoms with Gasteiger partial charge in [-0.1, -0.05) is 6.07 Å². The van der Waals surface area contributed by atoms with Gasteiger partial charge in [0, 0.05) is 17.3 Å². The number of anilines is 2. The number of carbonyl (C=O) groups excluding carboxylic acids is 1. The predicted molar refractivity (Wildman–Crippen MR) is 96.3 cm³/mol. The summed E-state index contributed by atoms with van der Waals surface area (Å²) < 4.78 is 33.0. The molecule has 0 heterocycles. The Hall–Kier alpha value is -2.54. The summed E-state index contributed by atoms with van der Waals surface area (Å²) in [5, 5.41) is 2.77. The lowest BCUT2D eigenvalue weighted by Gasteiger charge is -2.13. The third kappa shape index (κ3) is 4.11. The van der Waals surface area contributed by atoms with Gasteiger partial charge >= 0.3 is 0 Å². The van der Waals surface area contributed by atoms with Crippen molar-refractivity contribution in [2.45, 2.75) is 24.7 Å². The second-order valence-electron chi connectivity index (χ2n) is 6.08. The van der Waals surface area contributed by atoms with Crippen LogP contribution in [0.1, 0.15) is 18.4 Å². The summed E-state index contributed by atoms with van der Waals surface area (Å²) in [5.41, 5.74) is 1.52. The maximum Gasteiger partial charge on any atom is 0.262 e. The number of sulfonamides is 1. The highest BCUT2D eigenvalue weighted by atomic mass is 32.2. The maximum absolute atomic E-state index is 12.7. The highest BCUT2D eigenvalue weighted by Gasteiger charge is 2.29.